The first-order valence-corrected chi connectivity index (χ1v) is 9.92. The third-order valence-electron chi connectivity index (χ3n) is 6.62. The molecule has 1 fully saturated rings. The first-order chi connectivity index (χ1) is 12.1. The Labute approximate surface area is 157 Å². The third kappa shape index (κ3) is 4.13. The fraction of sp³-hybridized carbons (Fsp3) is 0.810. The summed E-state index contributed by atoms with van der Waals surface area (Å²) in [4.78, 5) is 25.2. The summed E-state index contributed by atoms with van der Waals surface area (Å²) in [6.07, 6.45) is 4.78. The fourth-order valence-corrected chi connectivity index (χ4v) is 4.94. The molecule has 5 heteroatoms. The topological polar surface area (TPSA) is 66.8 Å². The van der Waals surface area contributed by atoms with Gasteiger partial charge in [-0.3, -0.25) is 9.59 Å². The number of amides is 1. The van der Waals surface area contributed by atoms with Gasteiger partial charge in [0.2, 0.25) is 5.91 Å². The van der Waals surface area contributed by atoms with Crippen molar-refractivity contribution in [3.8, 4) is 0 Å². The highest BCUT2D eigenvalue weighted by Crippen LogP contribution is 2.51. The van der Waals surface area contributed by atoms with Gasteiger partial charge < -0.3 is 14.7 Å². The second-order valence-corrected chi connectivity index (χ2v) is 8.48. The van der Waals surface area contributed by atoms with Crippen LogP contribution in [0.5, 0.6) is 0 Å². The Morgan fingerprint density at radius 2 is 2.08 bits per heavy atom. The van der Waals surface area contributed by atoms with E-state index in [2.05, 4.69) is 19.9 Å². The minimum atomic E-state index is -0.857. The zero-order valence-electron chi connectivity index (χ0n) is 17.1. The molecule has 0 aromatic rings. The van der Waals surface area contributed by atoms with E-state index in [-0.39, 0.29) is 29.8 Å². The van der Waals surface area contributed by atoms with Gasteiger partial charge in [-0.2, -0.15) is 0 Å². The average Bonchev–Trinajstić information content (AvgIpc) is 2.56. The van der Waals surface area contributed by atoms with Crippen LogP contribution in [0.2, 0.25) is 0 Å². The number of hydrogen-bond acceptors (Lipinski definition) is 4. The smallest absolute Gasteiger partial charge is 0.303 e. The van der Waals surface area contributed by atoms with E-state index >= 15 is 0 Å². The van der Waals surface area contributed by atoms with E-state index in [0.717, 1.165) is 18.4 Å². The molecule has 2 aliphatic carbocycles. The van der Waals surface area contributed by atoms with E-state index in [1.165, 1.54) is 6.92 Å². The Hall–Kier alpha value is -1.36. The number of esters is 1. The number of nitrogens with zero attached hydrogens (tertiary/aromatic N) is 1. The summed E-state index contributed by atoms with van der Waals surface area (Å²) in [6, 6.07) is 0. The van der Waals surface area contributed by atoms with Gasteiger partial charge in [-0.25, -0.2) is 0 Å². The first kappa shape index (κ1) is 20.9. The molecule has 26 heavy (non-hydrogen) atoms. The SMILES string of the molecule is CCC(=O)N(C)CC(C)[C@@H]1CC[C@@H](C)[C@]2(O)C[C@@H](OC(C)=O)C(C)=C[C@H]12. The number of rotatable bonds is 5. The molecule has 2 rings (SSSR count). The summed E-state index contributed by atoms with van der Waals surface area (Å²) in [6.45, 7) is 10.3. The number of ether oxygens (including phenoxy) is 1. The van der Waals surface area contributed by atoms with E-state index in [0.29, 0.717) is 31.2 Å². The lowest BCUT2D eigenvalue weighted by molar-refractivity contribution is -0.159. The van der Waals surface area contributed by atoms with E-state index in [1.54, 1.807) is 0 Å². The molecule has 5 nitrogen and oxygen atoms in total. The predicted molar refractivity (Wildman–Crippen MR) is 101 cm³/mol. The van der Waals surface area contributed by atoms with Crippen molar-refractivity contribution >= 4 is 11.9 Å². The molecule has 1 amide bonds. The standard InChI is InChI=1S/C21H35NO4/c1-7-20(24)22(6)12-14(3)17-9-8-15(4)21(25)11-19(26-16(5)23)13(2)10-18(17)21/h10,14-15,17-19,25H,7-9,11-12H2,1-6H3/t14?,15-,17+,18-,19-,21-/m1/s1. The van der Waals surface area contributed by atoms with Crippen molar-refractivity contribution in [2.45, 2.75) is 72.0 Å². The van der Waals surface area contributed by atoms with Gasteiger partial charge in [-0.05, 0) is 43.1 Å². The highest BCUT2D eigenvalue weighted by molar-refractivity contribution is 5.75. The van der Waals surface area contributed by atoms with Crippen molar-refractivity contribution in [2.75, 3.05) is 13.6 Å². The molecule has 0 heterocycles. The minimum absolute atomic E-state index is 0.0400. The van der Waals surface area contributed by atoms with Gasteiger partial charge in [0, 0.05) is 39.3 Å². The summed E-state index contributed by atoms with van der Waals surface area (Å²) in [5, 5.41) is 11.6. The lowest BCUT2D eigenvalue weighted by Crippen LogP contribution is -2.56. The van der Waals surface area contributed by atoms with Crippen LogP contribution in [-0.4, -0.2) is 47.2 Å². The van der Waals surface area contributed by atoms with Crippen molar-refractivity contribution in [3.05, 3.63) is 11.6 Å². The van der Waals surface area contributed by atoms with Crippen molar-refractivity contribution < 1.29 is 19.4 Å². The molecule has 0 aliphatic heterocycles. The van der Waals surface area contributed by atoms with Crippen LogP contribution >= 0.6 is 0 Å². The monoisotopic (exact) mass is 365 g/mol. The summed E-state index contributed by atoms with van der Waals surface area (Å²) >= 11 is 0. The Morgan fingerprint density at radius 3 is 2.65 bits per heavy atom. The van der Waals surface area contributed by atoms with Gasteiger partial charge in [0.15, 0.2) is 0 Å². The Balaban J connectivity index is 2.24. The maximum absolute atomic E-state index is 11.9. The molecule has 0 aromatic heterocycles. The molecular weight excluding hydrogens is 330 g/mol. The van der Waals surface area contributed by atoms with Gasteiger partial charge in [0.1, 0.15) is 6.10 Å². The molecule has 148 valence electrons. The Bertz CT molecular complexity index is 572. The van der Waals surface area contributed by atoms with Gasteiger partial charge in [0.25, 0.3) is 0 Å². The van der Waals surface area contributed by atoms with Gasteiger partial charge in [-0.15, -0.1) is 0 Å². The Morgan fingerprint density at radius 1 is 1.42 bits per heavy atom. The van der Waals surface area contributed by atoms with Crippen molar-refractivity contribution in [1.82, 2.24) is 4.90 Å². The van der Waals surface area contributed by atoms with Crippen LogP contribution in [-0.2, 0) is 14.3 Å². The molecule has 1 N–H and O–H groups in total. The van der Waals surface area contributed by atoms with Crippen LogP contribution in [0.4, 0.5) is 0 Å². The lowest BCUT2D eigenvalue weighted by Gasteiger charge is -2.53. The zero-order chi connectivity index (χ0) is 19.6. The zero-order valence-corrected chi connectivity index (χ0v) is 17.1. The first-order valence-electron chi connectivity index (χ1n) is 9.92. The quantitative estimate of drug-likeness (QED) is 0.600. The molecule has 2 aliphatic rings. The number of fused-ring (bicyclic) bond motifs is 1. The summed E-state index contributed by atoms with van der Waals surface area (Å²) in [5.74, 6) is 0.663. The Kier molecular flexibility index (Phi) is 6.54. The van der Waals surface area contributed by atoms with Crippen molar-refractivity contribution in [1.29, 1.82) is 0 Å². The van der Waals surface area contributed by atoms with E-state index < -0.39 is 5.60 Å². The van der Waals surface area contributed by atoms with Gasteiger partial charge in [0.05, 0.1) is 5.60 Å². The molecule has 0 radical (unpaired) electrons. The maximum atomic E-state index is 11.9. The van der Waals surface area contributed by atoms with Crippen LogP contribution < -0.4 is 0 Å². The molecular formula is C21H35NO4. The second kappa shape index (κ2) is 8.12. The molecule has 0 aromatic carbocycles. The number of hydrogen-bond donors (Lipinski definition) is 1. The maximum Gasteiger partial charge on any atom is 0.303 e. The summed E-state index contributed by atoms with van der Waals surface area (Å²) in [7, 11) is 1.86. The molecule has 0 bridgehead atoms. The van der Waals surface area contributed by atoms with E-state index in [9.17, 15) is 14.7 Å². The number of carbonyl (C=O) groups excluding carboxylic acids is 2. The van der Waals surface area contributed by atoms with Crippen LogP contribution in [0.15, 0.2) is 11.6 Å². The van der Waals surface area contributed by atoms with Crippen LogP contribution in [0.25, 0.3) is 0 Å². The molecule has 0 spiro atoms. The van der Waals surface area contributed by atoms with Crippen LogP contribution in [0.3, 0.4) is 0 Å². The predicted octanol–water partition coefficient (Wildman–Crippen LogP) is 3.17. The molecule has 1 unspecified atom stereocenters. The van der Waals surface area contributed by atoms with Crippen molar-refractivity contribution in [3.63, 3.8) is 0 Å². The normalized spacial score (nSPS) is 35.1. The van der Waals surface area contributed by atoms with E-state index in [1.807, 2.05) is 25.8 Å². The minimum Gasteiger partial charge on any atom is -0.458 e. The highest BCUT2D eigenvalue weighted by atomic mass is 16.5. The fourth-order valence-electron chi connectivity index (χ4n) is 4.94. The van der Waals surface area contributed by atoms with Crippen LogP contribution in [0.1, 0.15) is 60.3 Å². The van der Waals surface area contributed by atoms with E-state index in [4.69, 9.17) is 4.74 Å². The van der Waals surface area contributed by atoms with Gasteiger partial charge in [-0.1, -0.05) is 26.8 Å². The van der Waals surface area contributed by atoms with Gasteiger partial charge >= 0.3 is 5.97 Å². The number of carbonyl (C=O) groups is 2. The lowest BCUT2D eigenvalue weighted by atomic mass is 9.57. The third-order valence-corrected chi connectivity index (χ3v) is 6.62. The number of aliphatic hydroxyl groups is 1. The molecule has 1 saturated carbocycles. The average molecular weight is 366 g/mol. The van der Waals surface area contributed by atoms with Crippen molar-refractivity contribution in [2.24, 2.45) is 23.7 Å². The van der Waals surface area contributed by atoms with Crippen LogP contribution in [0, 0.1) is 23.7 Å². The largest absolute Gasteiger partial charge is 0.458 e. The summed E-state index contributed by atoms with van der Waals surface area (Å²) < 4.78 is 5.45. The molecule has 0 saturated heterocycles. The summed E-state index contributed by atoms with van der Waals surface area (Å²) in [5.41, 5.74) is 0.170. The highest BCUT2D eigenvalue weighted by Gasteiger charge is 2.52. The second-order valence-electron chi connectivity index (χ2n) is 8.48. The molecule has 6 atom stereocenters.